The topological polar surface area (TPSA) is 97.5 Å². The molecule has 22 heavy (non-hydrogen) atoms. The number of primary amides is 1. The lowest BCUT2D eigenvalue weighted by Gasteiger charge is -2.22. The van der Waals surface area contributed by atoms with E-state index in [2.05, 4.69) is 10.3 Å². The summed E-state index contributed by atoms with van der Waals surface area (Å²) in [5.74, 6) is 0.267. The molecule has 1 atom stereocenters. The summed E-state index contributed by atoms with van der Waals surface area (Å²) >= 11 is 0. The fourth-order valence-electron chi connectivity index (χ4n) is 2.28. The third-order valence-corrected chi connectivity index (χ3v) is 3.27. The summed E-state index contributed by atoms with van der Waals surface area (Å²) in [6.45, 7) is 6.93. The van der Waals surface area contributed by atoms with Crippen LogP contribution in [0.3, 0.4) is 0 Å². The van der Waals surface area contributed by atoms with Crippen LogP contribution in [0.15, 0.2) is 18.3 Å². The zero-order chi connectivity index (χ0) is 16.3. The molecule has 1 aliphatic rings. The summed E-state index contributed by atoms with van der Waals surface area (Å²) in [7, 11) is 0. The van der Waals surface area contributed by atoms with E-state index in [1.54, 1.807) is 12.1 Å². The number of alkyl carbamates (subject to hydrolysis) is 1. The Morgan fingerprint density at radius 3 is 2.68 bits per heavy atom. The molecule has 1 aromatic heterocycles. The molecule has 0 radical (unpaired) electrons. The van der Waals surface area contributed by atoms with E-state index in [1.165, 1.54) is 6.20 Å². The minimum atomic E-state index is -0.505. The highest BCUT2D eigenvalue weighted by Gasteiger charge is 2.26. The molecular weight excluding hydrogens is 284 g/mol. The fraction of sp³-hybridized carbons (Fsp3) is 0.533. The molecule has 1 aliphatic heterocycles. The van der Waals surface area contributed by atoms with Crippen LogP contribution in [0.5, 0.6) is 0 Å². The molecule has 7 nitrogen and oxygen atoms in total. The van der Waals surface area contributed by atoms with Gasteiger partial charge in [0, 0.05) is 19.3 Å². The summed E-state index contributed by atoms with van der Waals surface area (Å²) in [5.41, 5.74) is 5.07. The van der Waals surface area contributed by atoms with Crippen molar-refractivity contribution in [1.82, 2.24) is 10.3 Å². The number of nitrogens with zero attached hydrogens (tertiary/aromatic N) is 2. The van der Waals surface area contributed by atoms with Crippen LogP contribution in [0.4, 0.5) is 10.6 Å². The standard InChI is InChI=1S/C15H22N4O3/c1-15(2,3)22-14(21)18-11-6-7-19(9-11)12-5-4-10(8-17-12)13(16)20/h4-5,8,11H,6-7,9H2,1-3H3,(H2,16,20)(H,18,21). The Morgan fingerprint density at radius 2 is 2.14 bits per heavy atom. The number of pyridine rings is 1. The van der Waals surface area contributed by atoms with Crippen LogP contribution >= 0.6 is 0 Å². The smallest absolute Gasteiger partial charge is 0.407 e. The molecule has 7 heteroatoms. The summed E-state index contributed by atoms with van der Waals surface area (Å²) < 4.78 is 5.25. The number of amides is 2. The summed E-state index contributed by atoms with van der Waals surface area (Å²) in [6, 6.07) is 3.43. The Kier molecular flexibility index (Phi) is 4.54. The molecule has 2 rings (SSSR count). The third kappa shape index (κ3) is 4.34. The van der Waals surface area contributed by atoms with Gasteiger partial charge in [-0.2, -0.15) is 0 Å². The van der Waals surface area contributed by atoms with E-state index < -0.39 is 17.6 Å². The zero-order valence-corrected chi connectivity index (χ0v) is 13.1. The van der Waals surface area contributed by atoms with Crippen molar-refractivity contribution >= 4 is 17.8 Å². The highest BCUT2D eigenvalue weighted by atomic mass is 16.6. The fourth-order valence-corrected chi connectivity index (χ4v) is 2.28. The van der Waals surface area contributed by atoms with Crippen LogP contribution in [0.1, 0.15) is 37.6 Å². The summed E-state index contributed by atoms with van der Waals surface area (Å²) in [6.07, 6.45) is 1.88. The first-order valence-electron chi connectivity index (χ1n) is 7.25. The van der Waals surface area contributed by atoms with Crippen LogP contribution < -0.4 is 16.0 Å². The average Bonchev–Trinajstić information content (AvgIpc) is 2.85. The van der Waals surface area contributed by atoms with Gasteiger partial charge in [-0.05, 0) is 39.3 Å². The average molecular weight is 306 g/mol. The lowest BCUT2D eigenvalue weighted by molar-refractivity contribution is 0.0509. The molecular formula is C15H22N4O3. The maximum atomic E-state index is 11.8. The molecule has 0 aliphatic carbocycles. The Morgan fingerprint density at radius 1 is 1.41 bits per heavy atom. The Balaban J connectivity index is 1.89. The maximum Gasteiger partial charge on any atom is 0.407 e. The van der Waals surface area contributed by atoms with E-state index in [0.717, 1.165) is 18.8 Å². The van der Waals surface area contributed by atoms with Gasteiger partial charge in [-0.25, -0.2) is 9.78 Å². The molecule has 1 fully saturated rings. The summed E-state index contributed by atoms with van der Waals surface area (Å²) in [4.78, 5) is 29.1. The first-order valence-corrected chi connectivity index (χ1v) is 7.25. The molecule has 120 valence electrons. The Labute approximate surface area is 129 Å². The van der Waals surface area contributed by atoms with E-state index in [1.807, 2.05) is 25.7 Å². The first-order chi connectivity index (χ1) is 10.2. The number of hydrogen-bond acceptors (Lipinski definition) is 5. The monoisotopic (exact) mass is 306 g/mol. The number of aromatic nitrogens is 1. The van der Waals surface area contributed by atoms with Crippen LogP contribution in [0, 0.1) is 0 Å². The van der Waals surface area contributed by atoms with Gasteiger partial charge in [-0.1, -0.05) is 0 Å². The van der Waals surface area contributed by atoms with Gasteiger partial charge >= 0.3 is 6.09 Å². The number of carbonyl (C=O) groups excluding carboxylic acids is 2. The lowest BCUT2D eigenvalue weighted by Crippen LogP contribution is -2.40. The van der Waals surface area contributed by atoms with Crippen molar-refractivity contribution in [2.45, 2.75) is 38.8 Å². The van der Waals surface area contributed by atoms with E-state index in [-0.39, 0.29) is 6.04 Å². The number of carbonyl (C=O) groups is 2. The lowest BCUT2D eigenvalue weighted by atomic mass is 10.2. The van der Waals surface area contributed by atoms with Crippen molar-refractivity contribution in [1.29, 1.82) is 0 Å². The van der Waals surface area contributed by atoms with Gasteiger partial charge in [-0.3, -0.25) is 4.79 Å². The number of ether oxygens (including phenoxy) is 1. The quantitative estimate of drug-likeness (QED) is 0.876. The van der Waals surface area contributed by atoms with Gasteiger partial charge in [0.25, 0.3) is 0 Å². The second-order valence-corrected chi connectivity index (χ2v) is 6.35. The SMILES string of the molecule is CC(C)(C)OC(=O)NC1CCN(c2ccc(C(N)=O)cn2)C1. The third-order valence-electron chi connectivity index (χ3n) is 3.27. The van der Waals surface area contributed by atoms with Crippen molar-refractivity contribution in [3.8, 4) is 0 Å². The van der Waals surface area contributed by atoms with Crippen LogP contribution in [-0.4, -0.2) is 41.7 Å². The van der Waals surface area contributed by atoms with Gasteiger partial charge in [0.15, 0.2) is 0 Å². The molecule has 0 saturated carbocycles. The molecule has 0 aromatic carbocycles. The van der Waals surface area contributed by atoms with Gasteiger partial charge in [-0.15, -0.1) is 0 Å². The Hall–Kier alpha value is -2.31. The molecule has 0 bridgehead atoms. The molecule has 3 N–H and O–H groups in total. The van der Waals surface area contributed by atoms with Crippen LogP contribution in [-0.2, 0) is 4.74 Å². The molecule has 0 spiro atoms. The predicted molar refractivity (Wildman–Crippen MR) is 82.7 cm³/mol. The van der Waals surface area contributed by atoms with Gasteiger partial charge in [0.1, 0.15) is 11.4 Å². The highest BCUT2D eigenvalue weighted by molar-refractivity contribution is 5.92. The molecule has 1 saturated heterocycles. The number of hydrogen-bond donors (Lipinski definition) is 2. The molecule has 2 heterocycles. The van der Waals surface area contributed by atoms with Crippen molar-refractivity contribution in [3.63, 3.8) is 0 Å². The van der Waals surface area contributed by atoms with Gasteiger partial charge in [0.2, 0.25) is 5.91 Å². The number of nitrogens with two attached hydrogens (primary N) is 1. The van der Waals surface area contributed by atoms with Crippen LogP contribution in [0.2, 0.25) is 0 Å². The van der Waals surface area contributed by atoms with E-state index >= 15 is 0 Å². The van der Waals surface area contributed by atoms with Crippen molar-refractivity contribution in [2.75, 3.05) is 18.0 Å². The van der Waals surface area contributed by atoms with E-state index in [4.69, 9.17) is 10.5 Å². The maximum absolute atomic E-state index is 11.8. The highest BCUT2D eigenvalue weighted by Crippen LogP contribution is 2.18. The molecule has 1 aromatic rings. The minimum Gasteiger partial charge on any atom is -0.444 e. The van der Waals surface area contributed by atoms with Gasteiger partial charge in [0.05, 0.1) is 11.6 Å². The normalized spacial score (nSPS) is 18.1. The molecule has 2 amide bonds. The van der Waals surface area contributed by atoms with Crippen molar-refractivity contribution < 1.29 is 14.3 Å². The summed E-state index contributed by atoms with van der Waals surface area (Å²) in [5, 5.41) is 2.86. The number of nitrogens with one attached hydrogen (secondary N) is 1. The second kappa shape index (κ2) is 6.21. The minimum absolute atomic E-state index is 0.0208. The van der Waals surface area contributed by atoms with E-state index in [0.29, 0.717) is 12.1 Å². The van der Waals surface area contributed by atoms with Crippen molar-refractivity contribution in [2.24, 2.45) is 5.73 Å². The number of anilines is 1. The predicted octanol–water partition coefficient (Wildman–Crippen LogP) is 1.28. The molecule has 1 unspecified atom stereocenters. The van der Waals surface area contributed by atoms with Crippen molar-refractivity contribution in [3.05, 3.63) is 23.9 Å². The Bertz CT molecular complexity index is 551. The largest absolute Gasteiger partial charge is 0.444 e. The van der Waals surface area contributed by atoms with Gasteiger partial charge < -0.3 is 20.7 Å². The van der Waals surface area contributed by atoms with E-state index in [9.17, 15) is 9.59 Å². The number of rotatable bonds is 3. The first kappa shape index (κ1) is 16.1. The van der Waals surface area contributed by atoms with Crippen LogP contribution in [0.25, 0.3) is 0 Å². The second-order valence-electron chi connectivity index (χ2n) is 6.35. The zero-order valence-electron chi connectivity index (χ0n) is 13.1.